The van der Waals surface area contributed by atoms with Crippen LogP contribution in [0.3, 0.4) is 0 Å². The number of hydrogen-bond donors (Lipinski definition) is 1. The van der Waals surface area contributed by atoms with Crippen molar-refractivity contribution in [3.8, 4) is 5.75 Å². The Morgan fingerprint density at radius 3 is 2.78 bits per heavy atom. The molecule has 1 heterocycles. The van der Waals surface area contributed by atoms with Crippen LogP contribution < -0.4 is 10.1 Å². The minimum Gasteiger partial charge on any atom is -0.496 e. The lowest BCUT2D eigenvalue weighted by Gasteiger charge is -2.24. The molecule has 0 atom stereocenters. The molecule has 23 heavy (non-hydrogen) atoms. The van der Waals surface area contributed by atoms with E-state index in [4.69, 9.17) is 9.47 Å². The maximum atomic E-state index is 12.1. The molecule has 0 unspecified atom stereocenters. The third-order valence-electron chi connectivity index (χ3n) is 4.11. The van der Waals surface area contributed by atoms with Crippen LogP contribution in [0, 0.1) is 0 Å². The Hall–Kier alpha value is -1.11. The molecule has 1 aromatic rings. The number of benzene rings is 1. The summed E-state index contributed by atoms with van der Waals surface area (Å²) in [5, 5.41) is 3.29. The second-order valence-electron chi connectivity index (χ2n) is 5.79. The van der Waals surface area contributed by atoms with E-state index in [9.17, 15) is 4.79 Å². The van der Waals surface area contributed by atoms with Gasteiger partial charge in [-0.3, -0.25) is 4.79 Å². The summed E-state index contributed by atoms with van der Waals surface area (Å²) in [5.41, 5.74) is 1.16. The molecule has 1 aliphatic rings. The zero-order valence-corrected chi connectivity index (χ0v) is 15.4. The lowest BCUT2D eigenvalue weighted by atomic mass is 10.1. The quantitative estimate of drug-likeness (QED) is 0.782. The highest BCUT2D eigenvalue weighted by Gasteiger charge is 2.16. The van der Waals surface area contributed by atoms with E-state index in [1.807, 2.05) is 25.2 Å². The molecule has 1 amide bonds. The molecule has 128 valence electrons. The molecule has 6 heteroatoms. The Morgan fingerprint density at radius 1 is 1.39 bits per heavy atom. The zero-order valence-electron chi connectivity index (χ0n) is 13.8. The molecule has 2 rings (SSSR count). The highest BCUT2D eigenvalue weighted by Crippen LogP contribution is 2.25. The number of amides is 1. The number of rotatable bonds is 7. The summed E-state index contributed by atoms with van der Waals surface area (Å²) in [6, 6.07) is 5.98. The van der Waals surface area contributed by atoms with Crippen LogP contribution >= 0.6 is 15.9 Å². The molecule has 1 saturated heterocycles. The number of likely N-dealkylation sites (N-methyl/N-ethyl adjacent to an activating group) is 1. The van der Waals surface area contributed by atoms with Gasteiger partial charge in [0.05, 0.1) is 17.7 Å². The van der Waals surface area contributed by atoms with Crippen LogP contribution in [0.15, 0.2) is 22.7 Å². The summed E-state index contributed by atoms with van der Waals surface area (Å²) in [6.07, 6.45) is 2.98. The minimum absolute atomic E-state index is 0.0381. The van der Waals surface area contributed by atoms with Gasteiger partial charge in [0, 0.05) is 13.6 Å². The van der Waals surface area contributed by atoms with Crippen LogP contribution in [0.25, 0.3) is 0 Å². The zero-order chi connectivity index (χ0) is 16.7. The van der Waals surface area contributed by atoms with Gasteiger partial charge in [-0.05, 0) is 66.0 Å². The first kappa shape index (κ1) is 18.2. The lowest BCUT2D eigenvalue weighted by Crippen LogP contribution is -2.37. The number of halogens is 1. The van der Waals surface area contributed by atoms with E-state index >= 15 is 0 Å². The third kappa shape index (κ3) is 5.79. The Morgan fingerprint density at radius 2 is 2.13 bits per heavy atom. The van der Waals surface area contributed by atoms with Crippen LogP contribution in [0.5, 0.6) is 5.75 Å². The number of carbonyl (C=O) groups is 1. The molecule has 5 nitrogen and oxygen atoms in total. The predicted molar refractivity (Wildman–Crippen MR) is 93.9 cm³/mol. The number of piperidine rings is 1. The first-order chi connectivity index (χ1) is 11.1. The van der Waals surface area contributed by atoms with Crippen molar-refractivity contribution in [2.75, 3.05) is 40.4 Å². The molecular weight excluding hydrogens is 360 g/mol. The molecule has 0 aliphatic carbocycles. The molecule has 0 spiro atoms. The number of carbonyl (C=O) groups excluding carboxylic acids is 1. The Kier molecular flexibility index (Phi) is 7.33. The summed E-state index contributed by atoms with van der Waals surface area (Å²) in [7, 11) is 3.47. The number of hydrogen-bond acceptors (Lipinski definition) is 4. The first-order valence-corrected chi connectivity index (χ1v) is 8.78. The topological polar surface area (TPSA) is 50.8 Å². The molecule has 0 bridgehead atoms. The average Bonchev–Trinajstić information content (AvgIpc) is 2.58. The van der Waals surface area contributed by atoms with Gasteiger partial charge in [0.1, 0.15) is 12.4 Å². The summed E-state index contributed by atoms with van der Waals surface area (Å²) < 4.78 is 11.9. The fourth-order valence-corrected chi connectivity index (χ4v) is 3.14. The summed E-state index contributed by atoms with van der Waals surface area (Å²) in [6.45, 7) is 2.79. The van der Waals surface area contributed by atoms with Gasteiger partial charge in [-0.15, -0.1) is 0 Å². The standard InChI is InChI=1S/C17H25BrN2O3/c1-20(17(21)12-23-14-5-8-19-9-6-14)10-7-13-3-4-16(22-2)15(18)11-13/h3-4,11,14,19H,5-10,12H2,1-2H3. The molecule has 0 radical (unpaired) electrons. The third-order valence-corrected chi connectivity index (χ3v) is 4.73. The van der Waals surface area contributed by atoms with Crippen molar-refractivity contribution in [2.45, 2.75) is 25.4 Å². The Labute approximate surface area is 146 Å². The second kappa shape index (κ2) is 9.25. The molecule has 1 fully saturated rings. The van der Waals surface area contributed by atoms with Crippen LogP contribution in [-0.2, 0) is 16.0 Å². The molecule has 1 aromatic carbocycles. The Bertz CT molecular complexity index is 519. The van der Waals surface area contributed by atoms with Crippen molar-refractivity contribution < 1.29 is 14.3 Å². The second-order valence-corrected chi connectivity index (χ2v) is 6.65. The largest absolute Gasteiger partial charge is 0.496 e. The van der Waals surface area contributed by atoms with Gasteiger partial charge in [0.2, 0.25) is 5.91 Å². The molecule has 1 aliphatic heterocycles. The highest BCUT2D eigenvalue weighted by atomic mass is 79.9. The van der Waals surface area contributed by atoms with Crippen molar-refractivity contribution in [1.29, 1.82) is 0 Å². The number of nitrogens with zero attached hydrogens (tertiary/aromatic N) is 1. The Balaban J connectivity index is 1.73. The number of ether oxygens (including phenoxy) is 2. The van der Waals surface area contributed by atoms with Crippen molar-refractivity contribution in [3.05, 3.63) is 28.2 Å². The van der Waals surface area contributed by atoms with Gasteiger partial charge < -0.3 is 19.7 Å². The van der Waals surface area contributed by atoms with Gasteiger partial charge in [-0.25, -0.2) is 0 Å². The summed E-state index contributed by atoms with van der Waals surface area (Å²) in [4.78, 5) is 13.9. The van der Waals surface area contributed by atoms with E-state index in [0.717, 1.165) is 48.1 Å². The van der Waals surface area contributed by atoms with Crippen molar-refractivity contribution >= 4 is 21.8 Å². The van der Waals surface area contributed by atoms with Crippen molar-refractivity contribution in [1.82, 2.24) is 10.2 Å². The van der Waals surface area contributed by atoms with E-state index in [1.54, 1.807) is 12.0 Å². The van der Waals surface area contributed by atoms with Crippen LogP contribution in [0.4, 0.5) is 0 Å². The summed E-state index contributed by atoms with van der Waals surface area (Å²) >= 11 is 3.48. The van der Waals surface area contributed by atoms with E-state index in [-0.39, 0.29) is 18.6 Å². The van der Waals surface area contributed by atoms with Gasteiger partial charge in [0.25, 0.3) is 0 Å². The van der Waals surface area contributed by atoms with Gasteiger partial charge in [0.15, 0.2) is 0 Å². The molecule has 0 aromatic heterocycles. The SMILES string of the molecule is COc1ccc(CCN(C)C(=O)COC2CCNCC2)cc1Br. The van der Waals surface area contributed by atoms with Gasteiger partial charge >= 0.3 is 0 Å². The number of nitrogens with one attached hydrogen (secondary N) is 1. The normalized spacial score (nSPS) is 15.4. The highest BCUT2D eigenvalue weighted by molar-refractivity contribution is 9.10. The first-order valence-electron chi connectivity index (χ1n) is 7.99. The minimum atomic E-state index is 0.0381. The van der Waals surface area contributed by atoms with Gasteiger partial charge in [-0.1, -0.05) is 6.07 Å². The van der Waals surface area contributed by atoms with Crippen LogP contribution in [-0.4, -0.2) is 57.3 Å². The monoisotopic (exact) mass is 384 g/mol. The maximum Gasteiger partial charge on any atom is 0.248 e. The van der Waals surface area contributed by atoms with E-state index < -0.39 is 0 Å². The number of methoxy groups -OCH3 is 1. The molecule has 1 N–H and O–H groups in total. The van der Waals surface area contributed by atoms with Crippen molar-refractivity contribution in [3.63, 3.8) is 0 Å². The van der Waals surface area contributed by atoms with E-state index in [1.165, 1.54) is 0 Å². The summed E-state index contributed by atoms with van der Waals surface area (Å²) in [5.74, 6) is 0.852. The van der Waals surface area contributed by atoms with Crippen LogP contribution in [0.1, 0.15) is 18.4 Å². The van der Waals surface area contributed by atoms with E-state index in [2.05, 4.69) is 21.2 Å². The smallest absolute Gasteiger partial charge is 0.248 e. The fraction of sp³-hybridized carbons (Fsp3) is 0.588. The molecule has 0 saturated carbocycles. The predicted octanol–water partition coefficient (Wildman–Crippen LogP) is 2.23. The maximum absolute atomic E-state index is 12.1. The van der Waals surface area contributed by atoms with Crippen LogP contribution in [0.2, 0.25) is 0 Å². The lowest BCUT2D eigenvalue weighted by molar-refractivity contribution is -0.137. The van der Waals surface area contributed by atoms with Crippen molar-refractivity contribution in [2.24, 2.45) is 0 Å². The molecular formula is C17H25BrN2O3. The van der Waals surface area contributed by atoms with E-state index in [0.29, 0.717) is 6.54 Å². The fourth-order valence-electron chi connectivity index (χ4n) is 2.55. The average molecular weight is 385 g/mol. The van der Waals surface area contributed by atoms with Gasteiger partial charge in [-0.2, -0.15) is 0 Å².